The summed E-state index contributed by atoms with van der Waals surface area (Å²) < 4.78 is 13.6. The second kappa shape index (κ2) is 6.84. The number of aliphatic hydroxyl groups is 1. The summed E-state index contributed by atoms with van der Waals surface area (Å²) >= 11 is 0. The van der Waals surface area contributed by atoms with Crippen molar-refractivity contribution in [3.05, 3.63) is 35.1 Å². The maximum Gasteiger partial charge on any atom is 0.251 e. The first-order chi connectivity index (χ1) is 9.61. The van der Waals surface area contributed by atoms with Crippen LogP contribution in [-0.4, -0.2) is 17.1 Å². The highest BCUT2D eigenvalue weighted by Gasteiger charge is 2.22. The maximum absolute atomic E-state index is 13.6. The van der Waals surface area contributed by atoms with Crippen LogP contribution in [0.4, 0.5) is 4.39 Å². The van der Waals surface area contributed by atoms with Crippen LogP contribution in [0.5, 0.6) is 0 Å². The first kappa shape index (κ1) is 15.0. The van der Waals surface area contributed by atoms with E-state index in [1.165, 1.54) is 31.4 Å². The Morgan fingerprint density at radius 3 is 2.70 bits per heavy atom. The minimum Gasteiger partial charge on any atom is -0.392 e. The van der Waals surface area contributed by atoms with Gasteiger partial charge in [0, 0.05) is 17.2 Å². The first-order valence-corrected chi connectivity index (χ1v) is 7.32. The van der Waals surface area contributed by atoms with E-state index in [1.54, 1.807) is 6.07 Å². The summed E-state index contributed by atoms with van der Waals surface area (Å²) in [7, 11) is 0. The van der Waals surface area contributed by atoms with E-state index in [4.69, 9.17) is 5.11 Å². The highest BCUT2D eigenvalue weighted by atomic mass is 19.1. The maximum atomic E-state index is 13.6. The van der Waals surface area contributed by atoms with Crippen molar-refractivity contribution in [3.63, 3.8) is 0 Å². The van der Waals surface area contributed by atoms with Gasteiger partial charge >= 0.3 is 0 Å². The molecule has 1 aromatic carbocycles. The lowest BCUT2D eigenvalue weighted by molar-refractivity contribution is 0.0918. The second-order valence-electron chi connectivity index (χ2n) is 5.62. The third-order valence-electron chi connectivity index (χ3n) is 4.20. The molecule has 0 spiro atoms. The molecule has 4 heteroatoms. The van der Waals surface area contributed by atoms with Crippen LogP contribution in [0.15, 0.2) is 18.2 Å². The molecule has 0 aliphatic heterocycles. The Bertz CT molecular complexity index is 470. The zero-order valence-electron chi connectivity index (χ0n) is 11.9. The van der Waals surface area contributed by atoms with Gasteiger partial charge in [-0.3, -0.25) is 4.79 Å². The fourth-order valence-electron chi connectivity index (χ4n) is 2.86. The second-order valence-corrected chi connectivity index (χ2v) is 5.62. The topological polar surface area (TPSA) is 49.3 Å². The summed E-state index contributed by atoms with van der Waals surface area (Å²) in [5.74, 6) is -0.258. The van der Waals surface area contributed by atoms with Crippen molar-refractivity contribution in [2.75, 3.05) is 0 Å². The van der Waals surface area contributed by atoms with Crippen molar-refractivity contribution < 1.29 is 14.3 Å². The van der Waals surface area contributed by atoms with Gasteiger partial charge in [0.1, 0.15) is 5.82 Å². The van der Waals surface area contributed by atoms with E-state index in [9.17, 15) is 9.18 Å². The summed E-state index contributed by atoms with van der Waals surface area (Å²) in [6, 6.07) is 4.31. The molecule has 0 saturated heterocycles. The smallest absolute Gasteiger partial charge is 0.251 e. The van der Waals surface area contributed by atoms with E-state index < -0.39 is 5.82 Å². The molecule has 1 aliphatic carbocycles. The third-order valence-corrected chi connectivity index (χ3v) is 4.20. The molecule has 1 atom stereocenters. The molecule has 2 N–H and O–H groups in total. The number of amides is 1. The predicted octanol–water partition coefficient (Wildman–Crippen LogP) is 3.02. The zero-order chi connectivity index (χ0) is 14.5. The number of hydrogen-bond acceptors (Lipinski definition) is 2. The van der Waals surface area contributed by atoms with Gasteiger partial charge in [-0.05, 0) is 37.8 Å². The molecular formula is C16H22FNO2. The molecule has 0 bridgehead atoms. The fraction of sp³-hybridized carbons (Fsp3) is 0.562. The minimum absolute atomic E-state index is 0.114. The van der Waals surface area contributed by atoms with Crippen LogP contribution in [0.1, 0.15) is 54.9 Å². The van der Waals surface area contributed by atoms with Crippen LogP contribution in [-0.2, 0) is 6.61 Å². The van der Waals surface area contributed by atoms with Gasteiger partial charge in [-0.2, -0.15) is 0 Å². The average molecular weight is 279 g/mol. The summed E-state index contributed by atoms with van der Waals surface area (Å²) in [4.78, 5) is 12.1. The molecule has 1 fully saturated rings. The molecule has 0 unspecified atom stereocenters. The van der Waals surface area contributed by atoms with Gasteiger partial charge in [-0.25, -0.2) is 4.39 Å². The quantitative estimate of drug-likeness (QED) is 0.890. The summed E-state index contributed by atoms with van der Waals surface area (Å²) in [5, 5.41) is 11.9. The summed E-state index contributed by atoms with van der Waals surface area (Å²) in [6.45, 7) is 1.67. The van der Waals surface area contributed by atoms with Crippen LogP contribution in [0.25, 0.3) is 0 Å². The van der Waals surface area contributed by atoms with Crippen molar-refractivity contribution >= 4 is 5.91 Å². The van der Waals surface area contributed by atoms with E-state index >= 15 is 0 Å². The molecule has 1 saturated carbocycles. The Balaban J connectivity index is 1.98. The number of benzene rings is 1. The van der Waals surface area contributed by atoms with Gasteiger partial charge in [0.2, 0.25) is 0 Å². The van der Waals surface area contributed by atoms with Gasteiger partial charge in [0.05, 0.1) is 6.61 Å². The molecule has 3 nitrogen and oxygen atoms in total. The molecule has 1 aliphatic rings. The van der Waals surface area contributed by atoms with Crippen LogP contribution in [0.2, 0.25) is 0 Å². The van der Waals surface area contributed by atoms with E-state index in [0.717, 1.165) is 12.8 Å². The summed E-state index contributed by atoms with van der Waals surface area (Å²) in [5.41, 5.74) is 0.518. The van der Waals surface area contributed by atoms with Crippen molar-refractivity contribution in [3.8, 4) is 0 Å². The monoisotopic (exact) mass is 279 g/mol. The Hall–Kier alpha value is -1.42. The number of nitrogens with one attached hydrogen (secondary N) is 1. The van der Waals surface area contributed by atoms with Gasteiger partial charge in [0.25, 0.3) is 5.91 Å². The number of aliphatic hydroxyl groups excluding tert-OH is 1. The number of rotatable bonds is 4. The molecule has 0 heterocycles. The van der Waals surface area contributed by atoms with Gasteiger partial charge in [0.15, 0.2) is 0 Å². The Kier molecular flexibility index (Phi) is 5.12. The number of carbonyl (C=O) groups excluding carboxylic acids is 1. The molecule has 1 amide bonds. The molecule has 110 valence electrons. The Morgan fingerprint density at radius 1 is 1.40 bits per heavy atom. The minimum atomic E-state index is -0.537. The summed E-state index contributed by atoms with van der Waals surface area (Å²) in [6.07, 6.45) is 6.04. The van der Waals surface area contributed by atoms with Crippen molar-refractivity contribution in [2.45, 2.75) is 51.7 Å². The zero-order valence-corrected chi connectivity index (χ0v) is 11.9. The lowest BCUT2D eigenvalue weighted by Gasteiger charge is -2.28. The molecule has 2 rings (SSSR count). The molecule has 0 radical (unpaired) electrons. The molecule has 1 aromatic rings. The normalized spacial score (nSPS) is 17.8. The van der Waals surface area contributed by atoms with E-state index in [1.807, 2.05) is 6.92 Å². The number of hydrogen-bond donors (Lipinski definition) is 2. The van der Waals surface area contributed by atoms with Crippen LogP contribution < -0.4 is 5.32 Å². The number of halogens is 1. The highest BCUT2D eigenvalue weighted by Crippen LogP contribution is 2.26. The van der Waals surface area contributed by atoms with Crippen molar-refractivity contribution in [1.82, 2.24) is 5.32 Å². The van der Waals surface area contributed by atoms with Crippen LogP contribution in [0, 0.1) is 11.7 Å². The van der Waals surface area contributed by atoms with Crippen molar-refractivity contribution in [1.29, 1.82) is 0 Å². The van der Waals surface area contributed by atoms with E-state index in [2.05, 4.69) is 5.32 Å². The fourth-order valence-corrected chi connectivity index (χ4v) is 2.86. The van der Waals surface area contributed by atoms with Crippen molar-refractivity contribution in [2.24, 2.45) is 5.92 Å². The largest absolute Gasteiger partial charge is 0.392 e. The molecular weight excluding hydrogens is 257 g/mol. The highest BCUT2D eigenvalue weighted by molar-refractivity contribution is 5.94. The Morgan fingerprint density at radius 2 is 2.10 bits per heavy atom. The third kappa shape index (κ3) is 3.57. The number of carbonyl (C=O) groups is 1. The predicted molar refractivity (Wildman–Crippen MR) is 75.8 cm³/mol. The standard InChI is InChI=1S/C16H22FNO2/c1-11(12-5-3-2-4-6-12)18-16(20)13-7-8-14(10-19)15(17)9-13/h7-9,11-12,19H,2-6,10H2,1H3,(H,18,20)/t11-/m0/s1. The SMILES string of the molecule is C[C@H](NC(=O)c1ccc(CO)c(F)c1)C1CCCCC1. The lowest BCUT2D eigenvalue weighted by Crippen LogP contribution is -2.38. The van der Waals surface area contributed by atoms with Crippen LogP contribution in [0.3, 0.4) is 0 Å². The van der Waals surface area contributed by atoms with Gasteiger partial charge in [-0.1, -0.05) is 25.3 Å². The lowest BCUT2D eigenvalue weighted by atomic mass is 9.84. The van der Waals surface area contributed by atoms with E-state index in [0.29, 0.717) is 11.5 Å². The molecule has 20 heavy (non-hydrogen) atoms. The van der Waals surface area contributed by atoms with Gasteiger partial charge in [-0.15, -0.1) is 0 Å². The first-order valence-electron chi connectivity index (χ1n) is 7.32. The van der Waals surface area contributed by atoms with E-state index in [-0.39, 0.29) is 24.1 Å². The molecule has 0 aromatic heterocycles. The van der Waals surface area contributed by atoms with Gasteiger partial charge < -0.3 is 10.4 Å². The van der Waals surface area contributed by atoms with Crippen LogP contribution >= 0.6 is 0 Å². The Labute approximate surface area is 119 Å². The average Bonchev–Trinajstić information content (AvgIpc) is 2.48.